The van der Waals surface area contributed by atoms with Gasteiger partial charge in [0.1, 0.15) is 5.41 Å². The summed E-state index contributed by atoms with van der Waals surface area (Å²) in [5, 5.41) is 0. The summed E-state index contributed by atoms with van der Waals surface area (Å²) in [5.41, 5.74) is 1.55. The number of carbonyl (C=O) groups is 1. The smallest absolute Gasteiger partial charge is 0.237 e. The van der Waals surface area contributed by atoms with E-state index in [9.17, 15) is 4.79 Å². The van der Waals surface area contributed by atoms with Crippen LogP contribution in [0.25, 0.3) is 0 Å². The van der Waals surface area contributed by atoms with Crippen LogP contribution in [0.3, 0.4) is 0 Å². The molecule has 1 heterocycles. The van der Waals surface area contributed by atoms with Crippen LogP contribution in [0.15, 0.2) is 60.7 Å². The van der Waals surface area contributed by atoms with Crippen molar-refractivity contribution < 1.29 is 4.79 Å². The molecule has 1 aliphatic heterocycles. The summed E-state index contributed by atoms with van der Waals surface area (Å²) in [6, 6.07) is 21.2. The van der Waals surface area contributed by atoms with Crippen molar-refractivity contribution in [2.45, 2.75) is 31.7 Å². The fraction of sp³-hybridized carbons (Fsp3) is 0.435. The summed E-state index contributed by atoms with van der Waals surface area (Å²) < 4.78 is 0. The number of hydrogen-bond acceptors (Lipinski definition) is 2. The predicted octanol–water partition coefficient (Wildman–Crippen LogP) is 3.79. The van der Waals surface area contributed by atoms with Gasteiger partial charge in [0, 0.05) is 26.7 Å². The van der Waals surface area contributed by atoms with E-state index in [4.69, 9.17) is 0 Å². The molecule has 0 aliphatic carbocycles. The zero-order valence-corrected chi connectivity index (χ0v) is 16.4. The lowest BCUT2D eigenvalue weighted by Crippen LogP contribution is -2.51. The van der Waals surface area contributed by atoms with Crippen LogP contribution in [0.2, 0.25) is 0 Å². The minimum atomic E-state index is -0.643. The molecule has 1 aliphatic rings. The van der Waals surface area contributed by atoms with Gasteiger partial charge in [-0.3, -0.25) is 4.79 Å². The van der Waals surface area contributed by atoms with E-state index >= 15 is 0 Å². The van der Waals surface area contributed by atoms with E-state index < -0.39 is 5.41 Å². The maximum Gasteiger partial charge on any atom is 0.237 e. The van der Waals surface area contributed by atoms with Crippen molar-refractivity contribution in [3.63, 3.8) is 0 Å². The van der Waals surface area contributed by atoms with Gasteiger partial charge >= 0.3 is 0 Å². The normalized spacial score (nSPS) is 18.3. The fourth-order valence-electron chi connectivity index (χ4n) is 4.42. The average molecular weight is 351 g/mol. The van der Waals surface area contributed by atoms with E-state index in [0.29, 0.717) is 6.04 Å². The highest BCUT2D eigenvalue weighted by atomic mass is 16.2. The number of nitrogens with zero attached hydrogens (tertiary/aromatic N) is 2. The van der Waals surface area contributed by atoms with E-state index in [-0.39, 0.29) is 11.8 Å². The Morgan fingerprint density at radius 3 is 1.88 bits per heavy atom. The SMILES string of the molecule is CC(C)N1CCC(C(C(=O)N(C)C)(c2ccccc2)c2ccccc2)C1. The van der Waals surface area contributed by atoms with Crippen molar-refractivity contribution in [2.24, 2.45) is 5.92 Å². The Morgan fingerprint density at radius 2 is 1.50 bits per heavy atom. The van der Waals surface area contributed by atoms with Crippen molar-refractivity contribution in [1.29, 1.82) is 0 Å². The Hall–Kier alpha value is -2.13. The van der Waals surface area contributed by atoms with E-state index in [1.165, 1.54) is 0 Å². The average Bonchev–Trinajstić information content (AvgIpc) is 3.15. The molecular formula is C23H30N2O. The molecule has 2 aromatic rings. The number of carbonyl (C=O) groups excluding carboxylic acids is 1. The highest BCUT2D eigenvalue weighted by molar-refractivity contribution is 5.92. The lowest BCUT2D eigenvalue weighted by molar-refractivity contribution is -0.135. The first-order chi connectivity index (χ1) is 12.5. The third-order valence-corrected chi connectivity index (χ3v) is 5.76. The van der Waals surface area contributed by atoms with Gasteiger partial charge in [-0.1, -0.05) is 60.7 Å². The third-order valence-electron chi connectivity index (χ3n) is 5.76. The van der Waals surface area contributed by atoms with Gasteiger partial charge in [0.25, 0.3) is 0 Å². The van der Waals surface area contributed by atoms with Gasteiger partial charge in [0.2, 0.25) is 5.91 Å². The second-order valence-corrected chi connectivity index (χ2v) is 7.81. The number of hydrogen-bond donors (Lipinski definition) is 0. The molecule has 0 spiro atoms. The summed E-state index contributed by atoms with van der Waals surface area (Å²) in [7, 11) is 3.75. The van der Waals surface area contributed by atoms with E-state index in [1.807, 2.05) is 50.5 Å². The quantitative estimate of drug-likeness (QED) is 0.819. The molecule has 1 atom stereocenters. The zero-order valence-electron chi connectivity index (χ0n) is 16.4. The Labute approximate surface area is 157 Å². The molecule has 3 rings (SSSR count). The monoisotopic (exact) mass is 350 g/mol. The first kappa shape index (κ1) is 18.7. The van der Waals surface area contributed by atoms with Crippen LogP contribution in [0.4, 0.5) is 0 Å². The van der Waals surface area contributed by atoms with E-state index in [0.717, 1.165) is 30.6 Å². The third kappa shape index (κ3) is 3.16. The summed E-state index contributed by atoms with van der Waals surface area (Å²) in [6.07, 6.45) is 1.03. The molecule has 0 saturated carbocycles. The molecule has 1 fully saturated rings. The Balaban J connectivity index is 2.21. The molecule has 26 heavy (non-hydrogen) atoms. The van der Waals surface area contributed by atoms with Crippen molar-refractivity contribution in [2.75, 3.05) is 27.2 Å². The highest BCUT2D eigenvalue weighted by Crippen LogP contribution is 2.45. The highest BCUT2D eigenvalue weighted by Gasteiger charge is 2.51. The van der Waals surface area contributed by atoms with Gasteiger partial charge in [0.15, 0.2) is 0 Å². The van der Waals surface area contributed by atoms with Crippen LogP contribution < -0.4 is 0 Å². The summed E-state index contributed by atoms with van der Waals surface area (Å²) >= 11 is 0. The van der Waals surface area contributed by atoms with E-state index in [1.54, 1.807) is 4.90 Å². The molecule has 0 radical (unpaired) electrons. The zero-order chi connectivity index (χ0) is 18.7. The molecule has 1 saturated heterocycles. The number of benzene rings is 2. The summed E-state index contributed by atoms with van der Waals surface area (Å²) in [4.78, 5) is 18.0. The van der Waals surface area contributed by atoms with Crippen molar-refractivity contribution >= 4 is 5.91 Å². The van der Waals surface area contributed by atoms with Crippen molar-refractivity contribution in [3.8, 4) is 0 Å². The second kappa shape index (κ2) is 7.63. The van der Waals surface area contributed by atoms with Gasteiger partial charge in [-0.05, 0) is 43.9 Å². The van der Waals surface area contributed by atoms with Crippen molar-refractivity contribution in [3.05, 3.63) is 71.8 Å². The van der Waals surface area contributed by atoms with Gasteiger partial charge < -0.3 is 9.80 Å². The molecule has 2 aromatic carbocycles. The largest absolute Gasteiger partial charge is 0.348 e. The summed E-state index contributed by atoms with van der Waals surface area (Å²) in [6.45, 7) is 6.47. The Morgan fingerprint density at radius 1 is 1.00 bits per heavy atom. The van der Waals surface area contributed by atoms with Crippen LogP contribution in [-0.4, -0.2) is 48.9 Å². The number of rotatable bonds is 5. The minimum absolute atomic E-state index is 0.172. The predicted molar refractivity (Wildman–Crippen MR) is 107 cm³/mol. The second-order valence-electron chi connectivity index (χ2n) is 7.81. The molecule has 0 aromatic heterocycles. The van der Waals surface area contributed by atoms with E-state index in [2.05, 4.69) is 43.0 Å². The number of likely N-dealkylation sites (tertiary alicyclic amines) is 1. The lowest BCUT2D eigenvalue weighted by Gasteiger charge is -2.41. The molecule has 138 valence electrons. The first-order valence-electron chi connectivity index (χ1n) is 9.54. The minimum Gasteiger partial charge on any atom is -0.348 e. The van der Waals surface area contributed by atoms with Gasteiger partial charge in [-0.15, -0.1) is 0 Å². The van der Waals surface area contributed by atoms with Crippen LogP contribution in [0, 0.1) is 5.92 Å². The molecule has 3 heteroatoms. The van der Waals surface area contributed by atoms with Crippen LogP contribution in [0.5, 0.6) is 0 Å². The van der Waals surface area contributed by atoms with Gasteiger partial charge in [0.05, 0.1) is 0 Å². The Kier molecular flexibility index (Phi) is 5.47. The number of amides is 1. The number of likely N-dealkylation sites (N-methyl/N-ethyl adjacent to an activating group) is 1. The maximum atomic E-state index is 13.7. The van der Waals surface area contributed by atoms with Crippen LogP contribution in [-0.2, 0) is 10.2 Å². The molecule has 1 amide bonds. The van der Waals surface area contributed by atoms with Gasteiger partial charge in [-0.2, -0.15) is 0 Å². The van der Waals surface area contributed by atoms with Crippen LogP contribution >= 0.6 is 0 Å². The maximum absolute atomic E-state index is 13.7. The fourth-order valence-corrected chi connectivity index (χ4v) is 4.42. The van der Waals surface area contributed by atoms with Crippen molar-refractivity contribution in [1.82, 2.24) is 9.80 Å². The Bertz CT molecular complexity index is 685. The topological polar surface area (TPSA) is 23.6 Å². The van der Waals surface area contributed by atoms with Gasteiger partial charge in [-0.25, -0.2) is 0 Å². The van der Waals surface area contributed by atoms with Crippen LogP contribution in [0.1, 0.15) is 31.4 Å². The molecule has 0 bridgehead atoms. The first-order valence-corrected chi connectivity index (χ1v) is 9.54. The molecule has 1 unspecified atom stereocenters. The lowest BCUT2D eigenvalue weighted by atomic mass is 9.64. The standard InChI is InChI=1S/C23H30N2O/c1-18(2)25-16-15-21(17-25)23(22(26)24(3)4,19-11-7-5-8-12-19)20-13-9-6-10-14-20/h5-14,18,21H,15-17H2,1-4H3. The summed E-state index contributed by atoms with van der Waals surface area (Å²) in [5.74, 6) is 0.426. The molecule has 0 N–H and O–H groups in total. The molecular weight excluding hydrogens is 320 g/mol. The molecule has 3 nitrogen and oxygen atoms in total.